The molecule has 0 fully saturated rings. The Morgan fingerprint density at radius 3 is 2.83 bits per heavy atom. The molecule has 0 bridgehead atoms. The fraction of sp³-hybridized carbons (Fsp3) is 0.143. The van der Waals surface area contributed by atoms with E-state index in [0.29, 0.717) is 5.71 Å². The quantitative estimate of drug-likeness (QED) is 0.424. The van der Waals surface area contributed by atoms with E-state index in [-0.39, 0.29) is 16.5 Å². The minimum atomic E-state index is -0.629. The average Bonchev–Trinajstić information content (AvgIpc) is 2.97. The standard InChI is InChI=1S/C14H11BrClN3O4S/c1-8(12-4-5-13(15)24-12)17-18-14(20)7-23-11-3-2-9(16)6-10(11)19(21)22/h2-6H,7H2,1H3,(H,18,20). The van der Waals surface area contributed by atoms with Gasteiger partial charge in [0.1, 0.15) is 0 Å². The van der Waals surface area contributed by atoms with E-state index in [1.165, 1.54) is 23.5 Å². The van der Waals surface area contributed by atoms with Crippen LogP contribution in [0, 0.1) is 10.1 Å². The number of rotatable bonds is 6. The molecule has 1 amide bonds. The molecule has 2 rings (SSSR count). The maximum Gasteiger partial charge on any atom is 0.312 e. The van der Waals surface area contributed by atoms with Crippen molar-refractivity contribution in [1.29, 1.82) is 0 Å². The van der Waals surface area contributed by atoms with E-state index >= 15 is 0 Å². The Hall–Kier alpha value is -1.97. The van der Waals surface area contributed by atoms with Gasteiger partial charge in [0.25, 0.3) is 5.91 Å². The van der Waals surface area contributed by atoms with Gasteiger partial charge in [-0.2, -0.15) is 5.10 Å². The SMILES string of the molecule is CC(=NNC(=O)COc1ccc(Cl)cc1[N+](=O)[O-])c1ccc(Br)s1. The Balaban J connectivity index is 1.95. The minimum Gasteiger partial charge on any atom is -0.477 e. The molecule has 24 heavy (non-hydrogen) atoms. The van der Waals surface area contributed by atoms with Gasteiger partial charge in [-0.25, -0.2) is 5.43 Å². The van der Waals surface area contributed by atoms with E-state index in [1.807, 2.05) is 12.1 Å². The van der Waals surface area contributed by atoms with Gasteiger partial charge in [-0.1, -0.05) is 11.6 Å². The highest BCUT2D eigenvalue weighted by atomic mass is 79.9. The zero-order valence-electron chi connectivity index (χ0n) is 12.3. The lowest BCUT2D eigenvalue weighted by atomic mass is 10.3. The van der Waals surface area contributed by atoms with Crippen LogP contribution in [-0.4, -0.2) is 23.1 Å². The van der Waals surface area contributed by atoms with Crippen molar-refractivity contribution in [1.82, 2.24) is 5.43 Å². The van der Waals surface area contributed by atoms with E-state index < -0.39 is 17.4 Å². The minimum absolute atomic E-state index is 0.0394. The monoisotopic (exact) mass is 431 g/mol. The van der Waals surface area contributed by atoms with Gasteiger partial charge in [-0.3, -0.25) is 14.9 Å². The molecule has 0 atom stereocenters. The second-order valence-electron chi connectivity index (χ2n) is 4.49. The van der Waals surface area contributed by atoms with E-state index in [9.17, 15) is 14.9 Å². The number of hydrogen-bond donors (Lipinski definition) is 1. The number of hydrazone groups is 1. The van der Waals surface area contributed by atoms with Crippen molar-refractivity contribution in [3.05, 3.63) is 54.1 Å². The lowest BCUT2D eigenvalue weighted by Gasteiger charge is -2.06. The summed E-state index contributed by atoms with van der Waals surface area (Å²) in [6, 6.07) is 7.69. The molecule has 1 aromatic heterocycles. The summed E-state index contributed by atoms with van der Waals surface area (Å²) in [6.07, 6.45) is 0. The third-order valence-corrected chi connectivity index (χ3v) is 4.72. The molecular formula is C14H11BrClN3O4S. The Labute approximate surface area is 154 Å². The van der Waals surface area contributed by atoms with Crippen molar-refractivity contribution in [2.75, 3.05) is 6.61 Å². The summed E-state index contributed by atoms with van der Waals surface area (Å²) < 4.78 is 6.13. The summed E-state index contributed by atoms with van der Waals surface area (Å²) in [5.41, 5.74) is 2.67. The second kappa shape index (κ2) is 8.22. The molecule has 0 saturated carbocycles. The Morgan fingerprint density at radius 2 is 2.21 bits per heavy atom. The lowest BCUT2D eigenvalue weighted by molar-refractivity contribution is -0.385. The first-order valence-electron chi connectivity index (χ1n) is 6.52. The number of amides is 1. The van der Waals surface area contributed by atoms with Gasteiger partial charge in [-0.05, 0) is 47.1 Å². The fourth-order valence-corrected chi connectivity index (χ4v) is 3.14. The van der Waals surface area contributed by atoms with Crippen LogP contribution >= 0.6 is 38.9 Å². The summed E-state index contributed by atoms with van der Waals surface area (Å²) >= 11 is 10.5. The van der Waals surface area contributed by atoms with Crippen LogP contribution in [0.4, 0.5) is 5.69 Å². The van der Waals surface area contributed by atoms with Crippen molar-refractivity contribution in [2.45, 2.75) is 6.92 Å². The molecule has 0 spiro atoms. The molecule has 2 aromatic rings. The lowest BCUT2D eigenvalue weighted by Crippen LogP contribution is -2.25. The van der Waals surface area contributed by atoms with E-state index in [1.54, 1.807) is 6.92 Å². The van der Waals surface area contributed by atoms with Gasteiger partial charge in [0, 0.05) is 11.1 Å². The van der Waals surface area contributed by atoms with E-state index in [4.69, 9.17) is 16.3 Å². The van der Waals surface area contributed by atoms with E-state index in [0.717, 1.165) is 14.7 Å². The van der Waals surface area contributed by atoms with Crippen LogP contribution in [0.3, 0.4) is 0 Å². The molecule has 1 N–H and O–H groups in total. The van der Waals surface area contributed by atoms with Crippen LogP contribution in [0.15, 0.2) is 39.2 Å². The third kappa shape index (κ3) is 5.02. The topological polar surface area (TPSA) is 93.8 Å². The molecular weight excluding hydrogens is 422 g/mol. The van der Waals surface area contributed by atoms with Gasteiger partial charge in [-0.15, -0.1) is 11.3 Å². The summed E-state index contributed by atoms with van der Waals surface area (Å²) in [7, 11) is 0. The van der Waals surface area contributed by atoms with Crippen molar-refractivity contribution in [3.63, 3.8) is 0 Å². The van der Waals surface area contributed by atoms with Gasteiger partial charge in [0.15, 0.2) is 12.4 Å². The number of halogens is 2. The Morgan fingerprint density at radius 1 is 1.46 bits per heavy atom. The van der Waals surface area contributed by atoms with Crippen molar-refractivity contribution >= 4 is 56.2 Å². The van der Waals surface area contributed by atoms with Crippen LogP contribution in [-0.2, 0) is 4.79 Å². The summed E-state index contributed by atoms with van der Waals surface area (Å²) in [5, 5.41) is 15.1. The molecule has 0 saturated heterocycles. The molecule has 0 aliphatic heterocycles. The van der Waals surface area contributed by atoms with Gasteiger partial charge in [0.2, 0.25) is 0 Å². The largest absolute Gasteiger partial charge is 0.477 e. The molecule has 0 radical (unpaired) electrons. The smallest absolute Gasteiger partial charge is 0.312 e. The van der Waals surface area contributed by atoms with Gasteiger partial charge < -0.3 is 4.74 Å². The normalized spacial score (nSPS) is 11.2. The van der Waals surface area contributed by atoms with Crippen molar-refractivity contribution in [2.24, 2.45) is 5.10 Å². The first-order valence-corrected chi connectivity index (χ1v) is 8.51. The predicted molar refractivity (Wildman–Crippen MR) is 96.0 cm³/mol. The van der Waals surface area contributed by atoms with Crippen LogP contribution in [0.2, 0.25) is 5.02 Å². The van der Waals surface area contributed by atoms with Crippen LogP contribution in [0.25, 0.3) is 0 Å². The number of nitrogens with one attached hydrogen (secondary N) is 1. The van der Waals surface area contributed by atoms with Crippen LogP contribution in [0.5, 0.6) is 5.75 Å². The number of benzene rings is 1. The number of thiophene rings is 1. The number of nitro benzene ring substituents is 1. The zero-order chi connectivity index (χ0) is 17.7. The van der Waals surface area contributed by atoms with E-state index in [2.05, 4.69) is 26.5 Å². The third-order valence-electron chi connectivity index (χ3n) is 2.75. The highest BCUT2D eigenvalue weighted by molar-refractivity contribution is 9.11. The molecule has 7 nitrogen and oxygen atoms in total. The highest BCUT2D eigenvalue weighted by Gasteiger charge is 2.16. The Bertz CT molecular complexity index is 809. The zero-order valence-corrected chi connectivity index (χ0v) is 15.4. The average molecular weight is 433 g/mol. The number of carbonyl (C=O) groups is 1. The molecule has 126 valence electrons. The number of hydrogen-bond acceptors (Lipinski definition) is 6. The number of ether oxygens (including phenoxy) is 1. The first-order chi connectivity index (χ1) is 11.4. The maximum absolute atomic E-state index is 11.8. The maximum atomic E-state index is 11.8. The van der Waals surface area contributed by atoms with Crippen molar-refractivity contribution in [3.8, 4) is 5.75 Å². The molecule has 10 heteroatoms. The number of carbonyl (C=O) groups excluding carboxylic acids is 1. The molecule has 0 unspecified atom stereocenters. The molecule has 0 aliphatic rings. The number of nitrogens with zero attached hydrogens (tertiary/aromatic N) is 2. The summed E-state index contributed by atoms with van der Waals surface area (Å²) in [5.74, 6) is -0.573. The fourth-order valence-electron chi connectivity index (χ4n) is 1.64. The highest BCUT2D eigenvalue weighted by Crippen LogP contribution is 2.29. The van der Waals surface area contributed by atoms with Crippen LogP contribution < -0.4 is 10.2 Å². The number of nitro groups is 1. The van der Waals surface area contributed by atoms with Crippen LogP contribution in [0.1, 0.15) is 11.8 Å². The summed E-state index contributed by atoms with van der Waals surface area (Å²) in [4.78, 5) is 23.0. The second-order valence-corrected chi connectivity index (χ2v) is 7.39. The van der Waals surface area contributed by atoms with Gasteiger partial charge >= 0.3 is 5.69 Å². The Kier molecular flexibility index (Phi) is 6.29. The predicted octanol–water partition coefficient (Wildman–Crippen LogP) is 3.99. The van der Waals surface area contributed by atoms with Crippen molar-refractivity contribution < 1.29 is 14.5 Å². The first kappa shape index (κ1) is 18.4. The van der Waals surface area contributed by atoms with Gasteiger partial charge in [0.05, 0.1) is 19.3 Å². The summed E-state index contributed by atoms with van der Waals surface area (Å²) in [6.45, 7) is 1.34. The molecule has 0 aliphatic carbocycles. The molecule has 1 aromatic carbocycles. The molecule has 1 heterocycles.